The first kappa shape index (κ1) is 18.7. The van der Waals surface area contributed by atoms with Gasteiger partial charge in [0.05, 0.1) is 12.8 Å². The van der Waals surface area contributed by atoms with E-state index in [0.717, 1.165) is 23.3 Å². The van der Waals surface area contributed by atoms with E-state index in [0.29, 0.717) is 12.2 Å². The number of ether oxygens (including phenoxy) is 1. The highest BCUT2D eigenvalue weighted by atomic mass is 16.5. The largest absolute Gasteiger partial charge is 0.494 e. The van der Waals surface area contributed by atoms with Gasteiger partial charge >= 0.3 is 0 Å². The molecule has 0 saturated carbocycles. The van der Waals surface area contributed by atoms with E-state index < -0.39 is 0 Å². The summed E-state index contributed by atoms with van der Waals surface area (Å²) in [6.45, 7) is 4.91. The maximum atomic E-state index is 12.1. The number of carbonyl (C=O) groups is 1. The SMILES string of the molecule is CCCCCCOc1ccc(C(=O)NN=Cc2ccccc2C)cc1. The quantitative estimate of drug-likeness (QED) is 0.409. The lowest BCUT2D eigenvalue weighted by atomic mass is 10.1. The summed E-state index contributed by atoms with van der Waals surface area (Å²) in [7, 11) is 0. The van der Waals surface area contributed by atoms with Gasteiger partial charge < -0.3 is 4.74 Å². The minimum absolute atomic E-state index is 0.237. The van der Waals surface area contributed by atoms with Gasteiger partial charge in [0.1, 0.15) is 5.75 Å². The third-order valence-electron chi connectivity index (χ3n) is 3.94. The van der Waals surface area contributed by atoms with E-state index in [2.05, 4.69) is 17.5 Å². The molecule has 0 fully saturated rings. The normalized spacial score (nSPS) is 10.8. The van der Waals surface area contributed by atoms with Crippen molar-refractivity contribution in [1.29, 1.82) is 0 Å². The Kier molecular flexibility index (Phi) is 7.70. The van der Waals surface area contributed by atoms with Crippen LogP contribution < -0.4 is 10.2 Å². The molecule has 0 heterocycles. The van der Waals surface area contributed by atoms with Crippen molar-refractivity contribution in [3.05, 3.63) is 65.2 Å². The van der Waals surface area contributed by atoms with E-state index >= 15 is 0 Å². The van der Waals surface area contributed by atoms with Gasteiger partial charge in [0.25, 0.3) is 5.91 Å². The van der Waals surface area contributed by atoms with E-state index in [-0.39, 0.29) is 5.91 Å². The number of hydrogen-bond acceptors (Lipinski definition) is 3. The highest BCUT2D eigenvalue weighted by molar-refractivity contribution is 5.95. The molecule has 0 saturated heterocycles. The summed E-state index contributed by atoms with van der Waals surface area (Å²) in [5, 5.41) is 4.02. The molecule has 1 amide bonds. The van der Waals surface area contributed by atoms with Crippen LogP contribution in [-0.2, 0) is 0 Å². The number of hydrogen-bond donors (Lipinski definition) is 1. The van der Waals surface area contributed by atoms with E-state index in [9.17, 15) is 4.79 Å². The Labute approximate surface area is 149 Å². The van der Waals surface area contributed by atoms with Crippen LogP contribution in [0.15, 0.2) is 53.6 Å². The monoisotopic (exact) mass is 338 g/mol. The predicted molar refractivity (Wildman–Crippen MR) is 102 cm³/mol. The third kappa shape index (κ3) is 6.42. The highest BCUT2D eigenvalue weighted by Gasteiger charge is 2.04. The molecule has 2 aromatic carbocycles. The Hall–Kier alpha value is -2.62. The zero-order valence-corrected chi connectivity index (χ0v) is 15.0. The van der Waals surface area contributed by atoms with Crippen molar-refractivity contribution in [1.82, 2.24) is 5.43 Å². The number of hydrazone groups is 1. The molecule has 0 aliphatic rings. The fourth-order valence-corrected chi connectivity index (χ4v) is 2.38. The number of carbonyl (C=O) groups excluding carboxylic acids is 1. The highest BCUT2D eigenvalue weighted by Crippen LogP contribution is 2.13. The van der Waals surface area contributed by atoms with Gasteiger partial charge in [-0.05, 0) is 48.7 Å². The van der Waals surface area contributed by atoms with Crippen LogP contribution >= 0.6 is 0 Å². The van der Waals surface area contributed by atoms with Crippen LogP contribution in [0.1, 0.15) is 54.1 Å². The van der Waals surface area contributed by atoms with Gasteiger partial charge in [-0.1, -0.05) is 50.5 Å². The Bertz CT molecular complexity index is 693. The van der Waals surface area contributed by atoms with Crippen molar-refractivity contribution in [2.24, 2.45) is 5.10 Å². The molecule has 0 aromatic heterocycles. The number of aryl methyl sites for hydroxylation is 1. The first-order chi connectivity index (χ1) is 12.2. The van der Waals surface area contributed by atoms with Crippen LogP contribution in [0.2, 0.25) is 0 Å². The lowest BCUT2D eigenvalue weighted by Gasteiger charge is -2.06. The summed E-state index contributed by atoms with van der Waals surface area (Å²) >= 11 is 0. The number of rotatable bonds is 9. The summed E-state index contributed by atoms with van der Waals surface area (Å²) in [5.41, 5.74) is 5.20. The van der Waals surface area contributed by atoms with Crippen molar-refractivity contribution < 1.29 is 9.53 Å². The lowest BCUT2D eigenvalue weighted by molar-refractivity contribution is 0.0955. The molecule has 0 aliphatic heterocycles. The predicted octanol–water partition coefficient (Wildman–Crippen LogP) is 4.72. The topological polar surface area (TPSA) is 50.7 Å². The smallest absolute Gasteiger partial charge is 0.271 e. The molecule has 2 rings (SSSR count). The molecule has 25 heavy (non-hydrogen) atoms. The van der Waals surface area contributed by atoms with Gasteiger partial charge in [0, 0.05) is 5.56 Å². The van der Waals surface area contributed by atoms with E-state index in [1.54, 1.807) is 18.3 Å². The molecule has 132 valence electrons. The van der Waals surface area contributed by atoms with Crippen molar-refractivity contribution in [3.8, 4) is 5.75 Å². The molecule has 0 atom stereocenters. The third-order valence-corrected chi connectivity index (χ3v) is 3.94. The van der Waals surface area contributed by atoms with Crippen LogP contribution in [0.4, 0.5) is 0 Å². The average molecular weight is 338 g/mol. The number of unbranched alkanes of at least 4 members (excludes halogenated alkanes) is 3. The van der Waals surface area contributed by atoms with Crippen molar-refractivity contribution in [3.63, 3.8) is 0 Å². The standard InChI is InChI=1S/C21H26N2O2/c1-3-4-5-8-15-25-20-13-11-18(12-14-20)21(24)23-22-16-19-10-7-6-9-17(19)2/h6-7,9-14,16H,3-5,8,15H2,1-2H3,(H,23,24). The van der Waals surface area contributed by atoms with E-state index in [4.69, 9.17) is 4.74 Å². The van der Waals surface area contributed by atoms with Gasteiger partial charge in [0.2, 0.25) is 0 Å². The first-order valence-electron chi connectivity index (χ1n) is 8.82. The molecular weight excluding hydrogens is 312 g/mol. The van der Waals surface area contributed by atoms with Crippen molar-refractivity contribution in [2.75, 3.05) is 6.61 Å². The van der Waals surface area contributed by atoms with Crippen LogP contribution in [0.25, 0.3) is 0 Å². The zero-order valence-electron chi connectivity index (χ0n) is 15.0. The molecule has 0 aliphatic carbocycles. The maximum Gasteiger partial charge on any atom is 0.271 e. The minimum Gasteiger partial charge on any atom is -0.494 e. The number of amides is 1. The molecule has 0 bridgehead atoms. The second kappa shape index (κ2) is 10.3. The molecule has 0 unspecified atom stereocenters. The Morgan fingerprint density at radius 2 is 1.84 bits per heavy atom. The van der Waals surface area contributed by atoms with Gasteiger partial charge in [-0.15, -0.1) is 0 Å². The van der Waals surface area contributed by atoms with Gasteiger partial charge in [0.15, 0.2) is 0 Å². The molecule has 1 N–H and O–H groups in total. The minimum atomic E-state index is -0.237. The molecule has 4 nitrogen and oxygen atoms in total. The summed E-state index contributed by atoms with van der Waals surface area (Å²) in [5.74, 6) is 0.552. The first-order valence-corrected chi connectivity index (χ1v) is 8.82. The summed E-state index contributed by atoms with van der Waals surface area (Å²) in [6, 6.07) is 15.0. The second-order valence-electron chi connectivity index (χ2n) is 5.99. The molecule has 4 heteroatoms. The van der Waals surface area contributed by atoms with Crippen LogP contribution in [-0.4, -0.2) is 18.7 Å². The lowest BCUT2D eigenvalue weighted by Crippen LogP contribution is -2.17. The molecular formula is C21H26N2O2. The fourth-order valence-electron chi connectivity index (χ4n) is 2.38. The van der Waals surface area contributed by atoms with Gasteiger partial charge in [-0.2, -0.15) is 5.10 Å². The summed E-state index contributed by atoms with van der Waals surface area (Å²) < 4.78 is 5.68. The van der Waals surface area contributed by atoms with E-state index in [1.165, 1.54) is 19.3 Å². The Morgan fingerprint density at radius 1 is 1.08 bits per heavy atom. The molecule has 0 spiro atoms. The average Bonchev–Trinajstić information content (AvgIpc) is 2.63. The van der Waals surface area contributed by atoms with Gasteiger partial charge in [-0.25, -0.2) is 5.43 Å². The van der Waals surface area contributed by atoms with E-state index in [1.807, 2.05) is 43.3 Å². The summed E-state index contributed by atoms with van der Waals surface area (Å²) in [6.07, 6.45) is 6.36. The summed E-state index contributed by atoms with van der Waals surface area (Å²) in [4.78, 5) is 12.1. The second-order valence-corrected chi connectivity index (χ2v) is 5.99. The van der Waals surface area contributed by atoms with Crippen LogP contribution in [0.3, 0.4) is 0 Å². The van der Waals surface area contributed by atoms with Crippen LogP contribution in [0.5, 0.6) is 5.75 Å². The Balaban J connectivity index is 1.81. The maximum absolute atomic E-state index is 12.1. The number of nitrogens with one attached hydrogen (secondary N) is 1. The molecule has 0 radical (unpaired) electrons. The number of benzene rings is 2. The van der Waals surface area contributed by atoms with Crippen molar-refractivity contribution >= 4 is 12.1 Å². The zero-order chi connectivity index (χ0) is 17.9. The van der Waals surface area contributed by atoms with Crippen LogP contribution in [0, 0.1) is 6.92 Å². The fraction of sp³-hybridized carbons (Fsp3) is 0.333. The number of nitrogens with zero attached hydrogens (tertiary/aromatic N) is 1. The molecule has 2 aromatic rings. The Morgan fingerprint density at radius 3 is 2.56 bits per heavy atom. The van der Waals surface area contributed by atoms with Gasteiger partial charge in [-0.3, -0.25) is 4.79 Å². The van der Waals surface area contributed by atoms with Crippen molar-refractivity contribution in [2.45, 2.75) is 39.5 Å².